The van der Waals surface area contributed by atoms with E-state index in [1.807, 2.05) is 0 Å². The van der Waals surface area contributed by atoms with Crippen molar-refractivity contribution in [1.82, 2.24) is 10.2 Å². The van der Waals surface area contributed by atoms with Gasteiger partial charge in [-0.15, -0.1) is 0 Å². The van der Waals surface area contributed by atoms with Crippen LogP contribution in [0, 0.1) is 11.8 Å². The van der Waals surface area contributed by atoms with Crippen LogP contribution in [0.4, 0.5) is 0 Å². The highest BCUT2D eigenvalue weighted by atomic mass is 16.1. The molecule has 1 saturated carbocycles. The lowest BCUT2D eigenvalue weighted by Crippen LogP contribution is -2.47. The van der Waals surface area contributed by atoms with Gasteiger partial charge in [0.15, 0.2) is 0 Å². The Morgan fingerprint density at radius 1 is 1.25 bits per heavy atom. The molecule has 1 aliphatic heterocycles. The molecule has 0 aromatic carbocycles. The Balaban J connectivity index is 1.80. The average Bonchev–Trinajstić information content (AvgIpc) is 2.92. The summed E-state index contributed by atoms with van der Waals surface area (Å²) in [5.74, 6) is 0.956. The smallest absolute Gasteiger partial charge is 0.223 e. The summed E-state index contributed by atoms with van der Waals surface area (Å²) in [6, 6.07) is 0.706. The minimum Gasteiger partial charge on any atom is -0.354 e. The van der Waals surface area contributed by atoms with Gasteiger partial charge in [0.1, 0.15) is 0 Å². The van der Waals surface area contributed by atoms with E-state index >= 15 is 0 Å². The molecule has 0 aromatic rings. The number of likely N-dealkylation sites (tertiary alicyclic amines) is 1. The molecule has 4 heteroatoms. The van der Waals surface area contributed by atoms with Crippen molar-refractivity contribution < 1.29 is 4.79 Å². The molecule has 116 valence electrons. The first-order valence-corrected chi connectivity index (χ1v) is 8.35. The number of nitrogens with two attached hydrogens (primary N) is 1. The van der Waals surface area contributed by atoms with Gasteiger partial charge in [-0.3, -0.25) is 9.69 Å². The van der Waals surface area contributed by atoms with E-state index < -0.39 is 0 Å². The van der Waals surface area contributed by atoms with Crippen molar-refractivity contribution in [1.29, 1.82) is 0 Å². The molecule has 0 bridgehead atoms. The van der Waals surface area contributed by atoms with Crippen LogP contribution in [0.25, 0.3) is 0 Å². The standard InChI is InChI=1S/C16H31N3O/c1-12(2)15(19-8-3-4-9-19)11-18-16(20)13-6-5-7-14(17)10-13/h12-15H,3-11,17H2,1-2H3,(H,18,20). The van der Waals surface area contributed by atoms with Crippen LogP contribution in [0.15, 0.2) is 0 Å². The minimum atomic E-state index is 0.144. The van der Waals surface area contributed by atoms with Crippen LogP contribution < -0.4 is 11.1 Å². The second kappa shape index (κ2) is 7.41. The van der Waals surface area contributed by atoms with Gasteiger partial charge in [-0.2, -0.15) is 0 Å². The number of rotatable bonds is 5. The van der Waals surface area contributed by atoms with Gasteiger partial charge in [0.05, 0.1) is 0 Å². The van der Waals surface area contributed by atoms with E-state index in [4.69, 9.17) is 5.73 Å². The van der Waals surface area contributed by atoms with Crippen LogP contribution in [-0.2, 0) is 4.79 Å². The van der Waals surface area contributed by atoms with E-state index in [2.05, 4.69) is 24.1 Å². The van der Waals surface area contributed by atoms with Gasteiger partial charge >= 0.3 is 0 Å². The number of carbonyl (C=O) groups excluding carboxylic acids is 1. The summed E-state index contributed by atoms with van der Waals surface area (Å²) in [6.07, 6.45) is 6.64. The van der Waals surface area contributed by atoms with E-state index in [1.54, 1.807) is 0 Å². The third-order valence-corrected chi connectivity index (χ3v) is 4.95. The number of carbonyl (C=O) groups is 1. The third kappa shape index (κ3) is 4.19. The summed E-state index contributed by atoms with van der Waals surface area (Å²) in [5.41, 5.74) is 5.98. The van der Waals surface area contributed by atoms with Crippen molar-refractivity contribution in [2.24, 2.45) is 17.6 Å². The topological polar surface area (TPSA) is 58.4 Å². The van der Waals surface area contributed by atoms with Gasteiger partial charge in [0, 0.05) is 24.5 Å². The molecule has 0 spiro atoms. The second-order valence-electron chi connectivity index (χ2n) is 6.92. The van der Waals surface area contributed by atoms with E-state index in [0.29, 0.717) is 12.0 Å². The molecule has 1 saturated heterocycles. The zero-order valence-electron chi connectivity index (χ0n) is 13.1. The number of amides is 1. The van der Waals surface area contributed by atoms with Crippen molar-refractivity contribution in [3.8, 4) is 0 Å². The molecular weight excluding hydrogens is 250 g/mol. The zero-order valence-corrected chi connectivity index (χ0v) is 13.1. The Labute approximate surface area is 123 Å². The van der Waals surface area contributed by atoms with Crippen molar-refractivity contribution in [3.63, 3.8) is 0 Å². The Kier molecular flexibility index (Phi) is 5.85. The van der Waals surface area contributed by atoms with Crippen LogP contribution >= 0.6 is 0 Å². The van der Waals surface area contributed by atoms with Gasteiger partial charge in [-0.25, -0.2) is 0 Å². The molecule has 2 aliphatic rings. The Bertz CT molecular complexity index is 313. The molecule has 3 N–H and O–H groups in total. The van der Waals surface area contributed by atoms with Crippen molar-refractivity contribution in [2.75, 3.05) is 19.6 Å². The molecule has 3 unspecified atom stereocenters. The highest BCUT2D eigenvalue weighted by Crippen LogP contribution is 2.23. The van der Waals surface area contributed by atoms with Crippen molar-refractivity contribution in [2.45, 2.75) is 64.5 Å². The molecular formula is C16H31N3O. The molecule has 0 radical (unpaired) electrons. The van der Waals surface area contributed by atoms with E-state index in [-0.39, 0.29) is 17.9 Å². The maximum absolute atomic E-state index is 12.3. The molecule has 1 heterocycles. The van der Waals surface area contributed by atoms with Gasteiger partial charge in [-0.05, 0) is 51.1 Å². The number of nitrogens with one attached hydrogen (secondary N) is 1. The fourth-order valence-corrected chi connectivity index (χ4v) is 3.67. The molecule has 2 rings (SSSR count). The Morgan fingerprint density at radius 2 is 1.95 bits per heavy atom. The molecule has 1 amide bonds. The van der Waals surface area contributed by atoms with Crippen LogP contribution in [0.2, 0.25) is 0 Å². The maximum atomic E-state index is 12.3. The summed E-state index contributed by atoms with van der Waals surface area (Å²) in [7, 11) is 0. The van der Waals surface area contributed by atoms with E-state index in [1.165, 1.54) is 25.9 Å². The van der Waals surface area contributed by atoms with E-state index in [9.17, 15) is 4.79 Å². The SMILES string of the molecule is CC(C)C(CNC(=O)C1CCCC(N)C1)N1CCCC1. The summed E-state index contributed by atoms with van der Waals surface area (Å²) in [4.78, 5) is 14.8. The van der Waals surface area contributed by atoms with Crippen molar-refractivity contribution in [3.05, 3.63) is 0 Å². The lowest BCUT2D eigenvalue weighted by Gasteiger charge is -2.32. The fraction of sp³-hybridized carbons (Fsp3) is 0.938. The summed E-state index contributed by atoms with van der Waals surface area (Å²) >= 11 is 0. The number of nitrogens with zero attached hydrogens (tertiary/aromatic N) is 1. The molecule has 0 aromatic heterocycles. The highest BCUT2D eigenvalue weighted by Gasteiger charge is 2.28. The quantitative estimate of drug-likeness (QED) is 0.807. The third-order valence-electron chi connectivity index (χ3n) is 4.95. The van der Waals surface area contributed by atoms with Crippen LogP contribution in [-0.4, -0.2) is 42.5 Å². The Morgan fingerprint density at radius 3 is 2.55 bits per heavy atom. The molecule has 20 heavy (non-hydrogen) atoms. The van der Waals surface area contributed by atoms with Crippen LogP contribution in [0.3, 0.4) is 0 Å². The monoisotopic (exact) mass is 281 g/mol. The molecule has 4 nitrogen and oxygen atoms in total. The summed E-state index contributed by atoms with van der Waals surface area (Å²) in [6.45, 7) is 7.68. The summed E-state index contributed by atoms with van der Waals surface area (Å²) in [5, 5.41) is 3.20. The normalized spacial score (nSPS) is 29.6. The fourth-order valence-electron chi connectivity index (χ4n) is 3.67. The van der Waals surface area contributed by atoms with Gasteiger partial charge in [-0.1, -0.05) is 20.3 Å². The lowest BCUT2D eigenvalue weighted by molar-refractivity contribution is -0.126. The van der Waals surface area contributed by atoms with Gasteiger partial charge in [0.2, 0.25) is 5.91 Å². The first kappa shape index (κ1) is 15.8. The predicted molar refractivity (Wildman–Crippen MR) is 82.4 cm³/mol. The second-order valence-corrected chi connectivity index (χ2v) is 6.92. The number of hydrogen-bond donors (Lipinski definition) is 2. The number of hydrogen-bond acceptors (Lipinski definition) is 3. The first-order valence-electron chi connectivity index (χ1n) is 8.35. The first-order chi connectivity index (χ1) is 9.58. The highest BCUT2D eigenvalue weighted by molar-refractivity contribution is 5.78. The largest absolute Gasteiger partial charge is 0.354 e. The van der Waals surface area contributed by atoms with E-state index in [0.717, 1.165) is 32.2 Å². The van der Waals surface area contributed by atoms with Crippen molar-refractivity contribution >= 4 is 5.91 Å². The molecule has 1 aliphatic carbocycles. The lowest BCUT2D eigenvalue weighted by atomic mass is 9.85. The van der Waals surface area contributed by atoms with Crippen LogP contribution in [0.1, 0.15) is 52.4 Å². The minimum absolute atomic E-state index is 0.144. The zero-order chi connectivity index (χ0) is 14.5. The maximum Gasteiger partial charge on any atom is 0.223 e. The van der Waals surface area contributed by atoms with Gasteiger partial charge in [0.25, 0.3) is 0 Å². The predicted octanol–water partition coefficient (Wildman–Crippen LogP) is 1.74. The summed E-state index contributed by atoms with van der Waals surface area (Å²) < 4.78 is 0. The average molecular weight is 281 g/mol. The Hall–Kier alpha value is -0.610. The molecule has 3 atom stereocenters. The molecule has 2 fully saturated rings. The van der Waals surface area contributed by atoms with Gasteiger partial charge < -0.3 is 11.1 Å². The van der Waals surface area contributed by atoms with Crippen LogP contribution in [0.5, 0.6) is 0 Å².